The van der Waals surface area contributed by atoms with Gasteiger partial charge in [0.25, 0.3) is 0 Å². The van der Waals surface area contributed by atoms with Gasteiger partial charge < -0.3 is 14.7 Å². The van der Waals surface area contributed by atoms with Crippen molar-refractivity contribution in [3.63, 3.8) is 0 Å². The third-order valence-electron chi connectivity index (χ3n) is 2.74. The molecule has 4 nitrogen and oxygen atoms in total. The van der Waals surface area contributed by atoms with Gasteiger partial charge in [0.05, 0.1) is 6.04 Å². The van der Waals surface area contributed by atoms with Crippen LogP contribution in [0.4, 0.5) is 4.79 Å². The number of amides is 1. The summed E-state index contributed by atoms with van der Waals surface area (Å²) in [4.78, 5) is 13.6. The minimum absolute atomic E-state index is 0.0205. The van der Waals surface area contributed by atoms with Gasteiger partial charge in [-0.3, -0.25) is 0 Å². The Kier molecular flexibility index (Phi) is 5.36. The van der Waals surface area contributed by atoms with Gasteiger partial charge in [-0.05, 0) is 32.8 Å². The molecular weight excluding hydrogens is 242 g/mol. The molecule has 0 aliphatic carbocycles. The van der Waals surface area contributed by atoms with Crippen LogP contribution >= 0.6 is 0 Å². The monoisotopic (exact) mass is 265 g/mol. The van der Waals surface area contributed by atoms with Crippen molar-refractivity contribution >= 4 is 6.09 Å². The zero-order valence-electron chi connectivity index (χ0n) is 12.1. The fourth-order valence-electron chi connectivity index (χ4n) is 1.84. The highest BCUT2D eigenvalue weighted by Crippen LogP contribution is 2.24. The van der Waals surface area contributed by atoms with Gasteiger partial charge in [0, 0.05) is 13.7 Å². The summed E-state index contributed by atoms with van der Waals surface area (Å²) in [5, 5.41) is 9.18. The fourth-order valence-corrected chi connectivity index (χ4v) is 1.84. The lowest BCUT2D eigenvalue weighted by atomic mass is 10.0. The Bertz CT molecular complexity index is 398. The van der Waals surface area contributed by atoms with Crippen LogP contribution in [0, 0.1) is 0 Å². The van der Waals surface area contributed by atoms with Crippen LogP contribution in [0.25, 0.3) is 0 Å². The molecule has 0 heterocycles. The highest BCUT2D eigenvalue weighted by Gasteiger charge is 2.25. The molecule has 0 spiro atoms. The molecule has 0 unspecified atom stereocenters. The van der Waals surface area contributed by atoms with E-state index in [-0.39, 0.29) is 18.7 Å². The van der Waals surface area contributed by atoms with Crippen LogP contribution in [-0.4, -0.2) is 35.4 Å². The maximum atomic E-state index is 12.1. The molecule has 0 aromatic heterocycles. The van der Waals surface area contributed by atoms with Crippen molar-refractivity contribution in [3.05, 3.63) is 35.9 Å². The van der Waals surface area contributed by atoms with Crippen LogP contribution in [0.15, 0.2) is 30.3 Å². The smallest absolute Gasteiger partial charge is 0.410 e. The molecule has 0 saturated heterocycles. The molecular formula is C15H23NO3. The van der Waals surface area contributed by atoms with Crippen LogP contribution in [0.3, 0.4) is 0 Å². The Hall–Kier alpha value is -1.55. The number of carbonyl (C=O) groups excluding carboxylic acids is 1. The Labute approximate surface area is 115 Å². The van der Waals surface area contributed by atoms with Crippen molar-refractivity contribution in [2.45, 2.75) is 38.8 Å². The predicted molar refractivity (Wildman–Crippen MR) is 74.9 cm³/mol. The third kappa shape index (κ3) is 4.91. The molecule has 0 aliphatic rings. The van der Waals surface area contributed by atoms with E-state index in [1.165, 1.54) is 4.90 Å². The zero-order chi connectivity index (χ0) is 14.5. The third-order valence-corrected chi connectivity index (χ3v) is 2.74. The summed E-state index contributed by atoms with van der Waals surface area (Å²) in [6.45, 7) is 5.53. The lowest BCUT2D eigenvalue weighted by Gasteiger charge is -2.30. The van der Waals surface area contributed by atoms with Crippen molar-refractivity contribution in [1.29, 1.82) is 0 Å². The summed E-state index contributed by atoms with van der Waals surface area (Å²) in [6, 6.07) is 9.47. The summed E-state index contributed by atoms with van der Waals surface area (Å²) < 4.78 is 5.35. The Morgan fingerprint density at radius 2 is 1.89 bits per heavy atom. The topological polar surface area (TPSA) is 49.8 Å². The van der Waals surface area contributed by atoms with Gasteiger partial charge in [0.2, 0.25) is 0 Å². The predicted octanol–water partition coefficient (Wildman–Crippen LogP) is 2.98. The van der Waals surface area contributed by atoms with E-state index in [1.54, 1.807) is 7.05 Å². The second-order valence-corrected chi connectivity index (χ2v) is 5.53. The second kappa shape index (κ2) is 6.57. The van der Waals surface area contributed by atoms with Crippen molar-refractivity contribution in [3.8, 4) is 0 Å². The fraction of sp³-hybridized carbons (Fsp3) is 0.533. The Balaban J connectivity index is 2.85. The van der Waals surface area contributed by atoms with Gasteiger partial charge in [-0.1, -0.05) is 30.3 Å². The number of ether oxygens (including phenoxy) is 1. The average Bonchev–Trinajstić information content (AvgIpc) is 2.34. The first-order valence-electron chi connectivity index (χ1n) is 6.47. The Morgan fingerprint density at radius 3 is 2.37 bits per heavy atom. The molecule has 0 bridgehead atoms. The second-order valence-electron chi connectivity index (χ2n) is 5.53. The molecule has 0 radical (unpaired) electrons. The van der Waals surface area contributed by atoms with Crippen molar-refractivity contribution < 1.29 is 14.6 Å². The van der Waals surface area contributed by atoms with Crippen LogP contribution in [0.5, 0.6) is 0 Å². The number of carbonyl (C=O) groups is 1. The van der Waals surface area contributed by atoms with Gasteiger partial charge in [0.1, 0.15) is 5.60 Å². The number of rotatable bonds is 4. The summed E-state index contributed by atoms with van der Waals surface area (Å²) in [6.07, 6.45) is 0.106. The van der Waals surface area contributed by atoms with Crippen LogP contribution in [0.2, 0.25) is 0 Å². The van der Waals surface area contributed by atoms with Gasteiger partial charge >= 0.3 is 6.09 Å². The lowest BCUT2D eigenvalue weighted by molar-refractivity contribution is 0.0198. The Morgan fingerprint density at radius 1 is 1.32 bits per heavy atom. The van der Waals surface area contributed by atoms with Crippen LogP contribution in [-0.2, 0) is 4.74 Å². The van der Waals surface area contributed by atoms with Crippen molar-refractivity contribution in [1.82, 2.24) is 4.90 Å². The van der Waals surface area contributed by atoms with Gasteiger partial charge in [-0.2, -0.15) is 0 Å². The highest BCUT2D eigenvalue weighted by atomic mass is 16.6. The molecule has 0 saturated carbocycles. The number of nitrogens with zero attached hydrogens (tertiary/aromatic N) is 1. The molecule has 1 aromatic carbocycles. The lowest BCUT2D eigenvalue weighted by Crippen LogP contribution is -2.37. The van der Waals surface area contributed by atoms with Crippen molar-refractivity contribution in [2.75, 3.05) is 13.7 Å². The van der Waals surface area contributed by atoms with Gasteiger partial charge in [-0.25, -0.2) is 4.79 Å². The number of aliphatic hydroxyl groups excluding tert-OH is 1. The van der Waals surface area contributed by atoms with Gasteiger partial charge in [0.15, 0.2) is 0 Å². The first kappa shape index (κ1) is 15.5. The standard InChI is InChI=1S/C15H23NO3/c1-15(2,3)19-14(18)16(4)13(10-11-17)12-8-6-5-7-9-12/h5-9,13,17H,10-11H2,1-4H3/t13-/m0/s1. The normalized spacial score (nSPS) is 12.9. The molecule has 0 fully saturated rings. The van der Waals surface area contributed by atoms with E-state index in [9.17, 15) is 9.90 Å². The molecule has 1 rings (SSSR count). The van der Waals surface area contributed by atoms with E-state index in [2.05, 4.69) is 0 Å². The molecule has 19 heavy (non-hydrogen) atoms. The van der Waals surface area contributed by atoms with Crippen LogP contribution in [0.1, 0.15) is 38.8 Å². The molecule has 1 aromatic rings. The summed E-state index contributed by atoms with van der Waals surface area (Å²) >= 11 is 0. The van der Waals surface area contributed by atoms with Crippen molar-refractivity contribution in [2.24, 2.45) is 0 Å². The van der Waals surface area contributed by atoms with Gasteiger partial charge in [-0.15, -0.1) is 0 Å². The zero-order valence-corrected chi connectivity index (χ0v) is 12.1. The molecule has 4 heteroatoms. The van der Waals surface area contributed by atoms with E-state index in [4.69, 9.17) is 4.74 Å². The molecule has 1 atom stereocenters. The maximum absolute atomic E-state index is 12.1. The van der Waals surface area contributed by atoms with E-state index >= 15 is 0 Å². The molecule has 1 amide bonds. The van der Waals surface area contributed by atoms with E-state index in [0.717, 1.165) is 5.56 Å². The number of benzene rings is 1. The molecule has 0 aliphatic heterocycles. The minimum atomic E-state index is -0.522. The SMILES string of the molecule is CN(C(=O)OC(C)(C)C)[C@@H](CCO)c1ccccc1. The summed E-state index contributed by atoms with van der Waals surface area (Å²) in [5.74, 6) is 0. The number of hydrogen-bond acceptors (Lipinski definition) is 3. The largest absolute Gasteiger partial charge is 0.444 e. The average molecular weight is 265 g/mol. The quantitative estimate of drug-likeness (QED) is 0.910. The number of hydrogen-bond donors (Lipinski definition) is 1. The molecule has 106 valence electrons. The van der Waals surface area contributed by atoms with Crippen LogP contribution < -0.4 is 0 Å². The maximum Gasteiger partial charge on any atom is 0.410 e. The summed E-state index contributed by atoms with van der Waals surface area (Å²) in [5.41, 5.74) is 0.469. The molecule has 1 N–H and O–H groups in total. The first-order valence-corrected chi connectivity index (χ1v) is 6.47. The highest BCUT2D eigenvalue weighted by molar-refractivity contribution is 5.68. The minimum Gasteiger partial charge on any atom is -0.444 e. The van der Waals surface area contributed by atoms with E-state index < -0.39 is 5.60 Å². The first-order chi connectivity index (χ1) is 8.85. The summed E-state index contributed by atoms with van der Waals surface area (Å²) in [7, 11) is 1.70. The van der Waals surface area contributed by atoms with E-state index in [1.807, 2.05) is 51.1 Å². The van der Waals surface area contributed by atoms with E-state index in [0.29, 0.717) is 6.42 Å². The number of aliphatic hydroxyl groups is 1.